The lowest BCUT2D eigenvalue weighted by molar-refractivity contribution is -0.118. The van der Waals surface area contributed by atoms with Gasteiger partial charge in [0, 0.05) is 31.7 Å². The van der Waals surface area contributed by atoms with E-state index >= 15 is 0 Å². The Morgan fingerprint density at radius 3 is 2.50 bits per heavy atom. The number of ether oxygens (including phenoxy) is 2. The highest BCUT2D eigenvalue weighted by atomic mass is 32.2. The van der Waals surface area contributed by atoms with E-state index in [0.29, 0.717) is 44.0 Å². The topological polar surface area (TPSA) is 76.2 Å². The molecule has 0 saturated carbocycles. The fourth-order valence-electron chi connectivity index (χ4n) is 4.23. The van der Waals surface area contributed by atoms with Crippen LogP contribution in [0.5, 0.6) is 11.5 Å². The van der Waals surface area contributed by atoms with Gasteiger partial charge in [-0.05, 0) is 54.7 Å². The third kappa shape index (κ3) is 4.76. The van der Waals surface area contributed by atoms with Crippen molar-refractivity contribution >= 4 is 21.6 Å². The summed E-state index contributed by atoms with van der Waals surface area (Å²) in [5.74, 6) is 1.30. The summed E-state index contributed by atoms with van der Waals surface area (Å²) in [6, 6.07) is 10.8. The van der Waals surface area contributed by atoms with E-state index in [2.05, 4.69) is 0 Å². The molecule has 0 spiro atoms. The molecule has 0 atom stereocenters. The quantitative estimate of drug-likeness (QED) is 0.571. The van der Waals surface area contributed by atoms with Gasteiger partial charge in [-0.3, -0.25) is 4.79 Å². The number of methoxy groups -OCH3 is 2. The molecule has 1 heterocycles. The van der Waals surface area contributed by atoms with E-state index in [1.807, 2.05) is 32.0 Å². The van der Waals surface area contributed by atoms with Gasteiger partial charge in [-0.25, -0.2) is 8.42 Å². The lowest BCUT2D eigenvalue weighted by Crippen LogP contribution is -2.36. The molecule has 0 aromatic heterocycles. The van der Waals surface area contributed by atoms with E-state index in [1.165, 1.54) is 4.31 Å². The lowest BCUT2D eigenvalue weighted by Gasteiger charge is -2.30. The van der Waals surface area contributed by atoms with Crippen molar-refractivity contribution in [2.75, 3.05) is 38.8 Å². The number of para-hydroxylation sites is 1. The molecule has 0 unspecified atom stereocenters. The number of hydrogen-bond acceptors (Lipinski definition) is 5. The molecule has 0 aliphatic carbocycles. The monoisotopic (exact) mass is 460 g/mol. The second kappa shape index (κ2) is 10.4. The summed E-state index contributed by atoms with van der Waals surface area (Å²) in [6.45, 7) is 5.14. The highest BCUT2D eigenvalue weighted by molar-refractivity contribution is 7.89. The average Bonchev–Trinajstić information content (AvgIpc) is 2.81. The predicted octanol–water partition coefficient (Wildman–Crippen LogP) is 3.65. The first kappa shape index (κ1) is 24.1. The minimum atomic E-state index is -3.53. The summed E-state index contributed by atoms with van der Waals surface area (Å²) in [5, 5.41) is 0. The number of rotatable bonds is 9. The summed E-state index contributed by atoms with van der Waals surface area (Å²) in [6.07, 6.45) is 2.41. The van der Waals surface area contributed by atoms with Crippen LogP contribution < -0.4 is 14.4 Å². The smallest absolute Gasteiger partial charge is 0.243 e. The standard InChI is InChI=1S/C24H32N2O5S/c1-5-25(6-2)32(28,29)20-13-14-21-19(17-20)10-8-16-26(21)23(27)15-12-18-9-7-11-22(30-3)24(18)31-4/h7,9,11,13-14,17H,5-6,8,10,12,15-16H2,1-4H3. The van der Waals surface area contributed by atoms with Gasteiger partial charge in [0.15, 0.2) is 11.5 Å². The van der Waals surface area contributed by atoms with Crippen molar-refractivity contribution in [2.24, 2.45) is 0 Å². The number of aryl methyl sites for hydroxylation is 2. The van der Waals surface area contributed by atoms with Crippen LogP contribution in [0.3, 0.4) is 0 Å². The number of fused-ring (bicyclic) bond motifs is 1. The van der Waals surface area contributed by atoms with Crippen molar-refractivity contribution < 1.29 is 22.7 Å². The Bertz CT molecular complexity index is 1060. The van der Waals surface area contributed by atoms with Crippen LogP contribution in [0, 0.1) is 0 Å². The van der Waals surface area contributed by atoms with Gasteiger partial charge in [0.2, 0.25) is 15.9 Å². The van der Waals surface area contributed by atoms with Gasteiger partial charge in [-0.15, -0.1) is 0 Å². The van der Waals surface area contributed by atoms with Gasteiger partial charge in [0.05, 0.1) is 19.1 Å². The van der Waals surface area contributed by atoms with Crippen LogP contribution >= 0.6 is 0 Å². The van der Waals surface area contributed by atoms with Crippen molar-refractivity contribution in [3.63, 3.8) is 0 Å². The molecule has 1 aliphatic heterocycles. The Morgan fingerprint density at radius 2 is 1.84 bits per heavy atom. The molecule has 0 bridgehead atoms. The van der Waals surface area contributed by atoms with Crippen LogP contribution in [0.1, 0.15) is 37.8 Å². The largest absolute Gasteiger partial charge is 0.493 e. The van der Waals surface area contributed by atoms with E-state index in [-0.39, 0.29) is 10.8 Å². The molecule has 32 heavy (non-hydrogen) atoms. The number of benzene rings is 2. The maximum Gasteiger partial charge on any atom is 0.243 e. The summed E-state index contributed by atoms with van der Waals surface area (Å²) in [4.78, 5) is 15.2. The molecule has 1 amide bonds. The highest BCUT2D eigenvalue weighted by Crippen LogP contribution is 2.33. The minimum Gasteiger partial charge on any atom is -0.493 e. The van der Waals surface area contributed by atoms with Gasteiger partial charge in [-0.1, -0.05) is 26.0 Å². The minimum absolute atomic E-state index is 0.00942. The number of sulfonamides is 1. The Balaban J connectivity index is 1.80. The number of anilines is 1. The van der Waals surface area contributed by atoms with Crippen molar-refractivity contribution in [1.82, 2.24) is 4.31 Å². The molecule has 0 N–H and O–H groups in total. The zero-order valence-corrected chi connectivity index (χ0v) is 20.1. The number of nitrogens with zero attached hydrogens (tertiary/aromatic N) is 2. The van der Waals surface area contributed by atoms with Crippen molar-refractivity contribution in [2.45, 2.75) is 44.4 Å². The van der Waals surface area contributed by atoms with Crippen molar-refractivity contribution in [1.29, 1.82) is 0 Å². The first-order valence-corrected chi connectivity index (χ1v) is 12.4. The molecule has 3 rings (SSSR count). The second-order valence-corrected chi connectivity index (χ2v) is 9.62. The van der Waals surface area contributed by atoms with E-state index in [1.54, 1.807) is 37.3 Å². The van der Waals surface area contributed by atoms with Crippen LogP contribution in [-0.4, -0.2) is 52.5 Å². The van der Waals surface area contributed by atoms with Crippen LogP contribution in [0.15, 0.2) is 41.3 Å². The van der Waals surface area contributed by atoms with E-state index in [0.717, 1.165) is 29.7 Å². The molecule has 0 saturated heterocycles. The molecule has 7 nitrogen and oxygen atoms in total. The van der Waals surface area contributed by atoms with Gasteiger partial charge in [0.1, 0.15) is 0 Å². The number of amides is 1. The second-order valence-electron chi connectivity index (χ2n) is 7.68. The fraction of sp³-hybridized carbons (Fsp3) is 0.458. The first-order chi connectivity index (χ1) is 15.4. The van der Waals surface area contributed by atoms with Crippen LogP contribution in [-0.2, 0) is 27.7 Å². The zero-order valence-electron chi connectivity index (χ0n) is 19.3. The van der Waals surface area contributed by atoms with E-state index in [9.17, 15) is 13.2 Å². The highest BCUT2D eigenvalue weighted by Gasteiger charge is 2.27. The van der Waals surface area contributed by atoms with Gasteiger partial charge < -0.3 is 14.4 Å². The molecule has 0 radical (unpaired) electrons. The van der Waals surface area contributed by atoms with Gasteiger partial charge >= 0.3 is 0 Å². The number of hydrogen-bond donors (Lipinski definition) is 0. The van der Waals surface area contributed by atoms with E-state index < -0.39 is 10.0 Å². The Labute approximate surface area is 191 Å². The molecule has 8 heteroatoms. The number of carbonyl (C=O) groups excluding carboxylic acids is 1. The summed E-state index contributed by atoms with van der Waals surface area (Å²) in [7, 11) is -0.348. The summed E-state index contributed by atoms with van der Waals surface area (Å²) in [5.41, 5.74) is 2.62. The molecule has 0 fully saturated rings. The van der Waals surface area contributed by atoms with E-state index in [4.69, 9.17) is 9.47 Å². The third-order valence-corrected chi connectivity index (χ3v) is 7.95. The third-order valence-electron chi connectivity index (χ3n) is 5.91. The van der Waals surface area contributed by atoms with Crippen LogP contribution in [0.4, 0.5) is 5.69 Å². The Kier molecular flexibility index (Phi) is 7.79. The zero-order chi connectivity index (χ0) is 23.3. The van der Waals surface area contributed by atoms with Crippen LogP contribution in [0.25, 0.3) is 0 Å². The van der Waals surface area contributed by atoms with Crippen molar-refractivity contribution in [3.8, 4) is 11.5 Å². The molecule has 2 aromatic carbocycles. The maximum atomic E-state index is 13.1. The Morgan fingerprint density at radius 1 is 1.09 bits per heavy atom. The lowest BCUT2D eigenvalue weighted by atomic mass is 10.0. The Hall–Kier alpha value is -2.58. The molecule has 1 aliphatic rings. The maximum absolute atomic E-state index is 13.1. The fourth-order valence-corrected chi connectivity index (χ4v) is 5.74. The van der Waals surface area contributed by atoms with Crippen molar-refractivity contribution in [3.05, 3.63) is 47.5 Å². The molecule has 174 valence electrons. The van der Waals surface area contributed by atoms with Crippen LogP contribution in [0.2, 0.25) is 0 Å². The average molecular weight is 461 g/mol. The van der Waals surface area contributed by atoms with Gasteiger partial charge in [-0.2, -0.15) is 4.31 Å². The number of carbonyl (C=O) groups is 1. The molecular formula is C24H32N2O5S. The normalized spacial score (nSPS) is 13.7. The predicted molar refractivity (Wildman–Crippen MR) is 125 cm³/mol. The summed E-state index contributed by atoms with van der Waals surface area (Å²) < 4.78 is 38.0. The summed E-state index contributed by atoms with van der Waals surface area (Å²) >= 11 is 0. The SMILES string of the molecule is CCN(CC)S(=O)(=O)c1ccc2c(c1)CCCN2C(=O)CCc1cccc(OC)c1OC. The molecular weight excluding hydrogens is 428 g/mol. The molecule has 2 aromatic rings. The van der Waals surface area contributed by atoms with Gasteiger partial charge in [0.25, 0.3) is 0 Å². The first-order valence-electron chi connectivity index (χ1n) is 11.0.